The Morgan fingerprint density at radius 3 is 1.62 bits per heavy atom. The maximum absolute atomic E-state index is 8.94. The standard InChI is InChI=1S/C8H11BO2.C2H6/c1-6-4-3-5-7(2)8(6)9(10)11;1-2/h3-5,10-11H,1-2H3;1-2H3. The number of aryl methyl sites for hydroxylation is 2. The van der Waals surface area contributed by atoms with Crippen LogP contribution in [0.1, 0.15) is 25.0 Å². The van der Waals surface area contributed by atoms with Crippen molar-refractivity contribution in [2.24, 2.45) is 0 Å². The van der Waals surface area contributed by atoms with Gasteiger partial charge in [-0.15, -0.1) is 0 Å². The molecule has 0 atom stereocenters. The fourth-order valence-electron chi connectivity index (χ4n) is 1.23. The maximum atomic E-state index is 8.94. The highest BCUT2D eigenvalue weighted by Gasteiger charge is 2.15. The van der Waals surface area contributed by atoms with E-state index in [0.29, 0.717) is 5.46 Å². The highest BCUT2D eigenvalue weighted by atomic mass is 16.4. The molecule has 0 saturated carbocycles. The van der Waals surface area contributed by atoms with E-state index >= 15 is 0 Å². The van der Waals surface area contributed by atoms with Gasteiger partial charge < -0.3 is 10.0 Å². The van der Waals surface area contributed by atoms with Crippen LogP contribution in [0.15, 0.2) is 18.2 Å². The van der Waals surface area contributed by atoms with Gasteiger partial charge in [0.15, 0.2) is 0 Å². The highest BCUT2D eigenvalue weighted by molar-refractivity contribution is 6.59. The zero-order chi connectivity index (χ0) is 10.4. The second-order valence-corrected chi connectivity index (χ2v) is 2.68. The van der Waals surface area contributed by atoms with Gasteiger partial charge in [-0.1, -0.05) is 43.2 Å². The molecule has 13 heavy (non-hydrogen) atoms. The summed E-state index contributed by atoms with van der Waals surface area (Å²) in [6, 6.07) is 5.63. The van der Waals surface area contributed by atoms with Crippen LogP contribution in [0.3, 0.4) is 0 Å². The summed E-state index contributed by atoms with van der Waals surface area (Å²) in [4.78, 5) is 0. The first-order chi connectivity index (χ1) is 6.13. The predicted octanol–water partition coefficient (Wildman–Crippen LogP) is 1.01. The van der Waals surface area contributed by atoms with Crippen LogP contribution >= 0.6 is 0 Å². The lowest BCUT2D eigenvalue weighted by atomic mass is 9.74. The van der Waals surface area contributed by atoms with Crippen LogP contribution in [0.25, 0.3) is 0 Å². The molecule has 3 heteroatoms. The molecule has 0 spiro atoms. The van der Waals surface area contributed by atoms with Gasteiger partial charge in [-0.25, -0.2) is 0 Å². The first-order valence-corrected chi connectivity index (χ1v) is 4.55. The fraction of sp³-hybridized carbons (Fsp3) is 0.400. The van der Waals surface area contributed by atoms with E-state index in [1.807, 2.05) is 45.9 Å². The molecular weight excluding hydrogens is 163 g/mol. The van der Waals surface area contributed by atoms with E-state index in [9.17, 15) is 0 Å². The van der Waals surface area contributed by atoms with Crippen molar-refractivity contribution in [3.8, 4) is 0 Å². The van der Waals surface area contributed by atoms with Crippen LogP contribution in [-0.2, 0) is 0 Å². The first-order valence-electron chi connectivity index (χ1n) is 4.55. The van der Waals surface area contributed by atoms with Crippen LogP contribution in [0.5, 0.6) is 0 Å². The molecule has 0 bridgehead atoms. The van der Waals surface area contributed by atoms with E-state index in [0.717, 1.165) is 11.1 Å². The minimum Gasteiger partial charge on any atom is -0.423 e. The summed E-state index contributed by atoms with van der Waals surface area (Å²) in [5.41, 5.74) is 2.45. The molecule has 0 aliphatic carbocycles. The molecule has 72 valence electrons. The number of hydrogen-bond acceptors (Lipinski definition) is 2. The molecule has 0 fully saturated rings. The van der Waals surface area contributed by atoms with Crippen molar-refractivity contribution < 1.29 is 10.0 Å². The van der Waals surface area contributed by atoms with Gasteiger partial charge in [0.25, 0.3) is 0 Å². The van der Waals surface area contributed by atoms with Gasteiger partial charge in [0, 0.05) is 0 Å². The molecule has 0 radical (unpaired) electrons. The molecule has 0 aromatic heterocycles. The third-order valence-electron chi connectivity index (χ3n) is 1.80. The normalized spacial score (nSPS) is 8.77. The van der Waals surface area contributed by atoms with Crippen LogP contribution in [0.2, 0.25) is 0 Å². The zero-order valence-electron chi connectivity index (χ0n) is 8.70. The lowest BCUT2D eigenvalue weighted by Crippen LogP contribution is -2.34. The molecule has 2 nitrogen and oxygen atoms in total. The van der Waals surface area contributed by atoms with Crippen molar-refractivity contribution in [3.63, 3.8) is 0 Å². The Labute approximate surface area is 80.4 Å². The Morgan fingerprint density at radius 2 is 1.38 bits per heavy atom. The number of rotatable bonds is 1. The van der Waals surface area contributed by atoms with E-state index < -0.39 is 7.12 Å². The Balaban J connectivity index is 0.000000671. The monoisotopic (exact) mass is 180 g/mol. The summed E-state index contributed by atoms with van der Waals surface area (Å²) >= 11 is 0. The van der Waals surface area contributed by atoms with E-state index in [-0.39, 0.29) is 0 Å². The van der Waals surface area contributed by atoms with Crippen LogP contribution in [0, 0.1) is 13.8 Å². The molecule has 0 aliphatic heterocycles. The summed E-state index contributed by atoms with van der Waals surface area (Å²) in [5.74, 6) is 0. The van der Waals surface area contributed by atoms with Crippen molar-refractivity contribution in [2.75, 3.05) is 0 Å². The average molecular weight is 180 g/mol. The van der Waals surface area contributed by atoms with Gasteiger partial charge in [0.05, 0.1) is 0 Å². The van der Waals surface area contributed by atoms with Gasteiger partial charge in [-0.2, -0.15) is 0 Å². The van der Waals surface area contributed by atoms with E-state index in [1.165, 1.54) is 0 Å². The molecule has 1 aromatic rings. The predicted molar refractivity (Wildman–Crippen MR) is 57.1 cm³/mol. The molecule has 0 aliphatic rings. The summed E-state index contributed by atoms with van der Waals surface area (Å²) in [6.45, 7) is 7.73. The SMILES string of the molecule is CC.Cc1cccc(C)c1B(O)O. The first kappa shape index (κ1) is 12.2. The summed E-state index contributed by atoms with van der Waals surface area (Å²) in [7, 11) is -1.35. The molecule has 0 heterocycles. The smallest absolute Gasteiger partial charge is 0.423 e. The highest BCUT2D eigenvalue weighted by Crippen LogP contribution is 1.99. The molecule has 0 amide bonds. The van der Waals surface area contributed by atoms with Crippen LogP contribution < -0.4 is 5.46 Å². The molecule has 0 saturated heterocycles. The molecule has 1 aromatic carbocycles. The van der Waals surface area contributed by atoms with Gasteiger partial charge in [-0.3, -0.25) is 0 Å². The van der Waals surface area contributed by atoms with E-state index in [2.05, 4.69) is 0 Å². The van der Waals surface area contributed by atoms with Gasteiger partial charge in [0.1, 0.15) is 0 Å². The zero-order valence-corrected chi connectivity index (χ0v) is 8.70. The Bertz CT molecular complexity index is 239. The van der Waals surface area contributed by atoms with Gasteiger partial charge in [-0.05, 0) is 19.3 Å². The van der Waals surface area contributed by atoms with Crippen molar-refractivity contribution in [2.45, 2.75) is 27.7 Å². The third-order valence-corrected chi connectivity index (χ3v) is 1.80. The largest absolute Gasteiger partial charge is 0.488 e. The maximum Gasteiger partial charge on any atom is 0.488 e. The molecule has 0 unspecified atom stereocenters. The van der Waals surface area contributed by atoms with Crippen molar-refractivity contribution in [1.29, 1.82) is 0 Å². The van der Waals surface area contributed by atoms with E-state index in [4.69, 9.17) is 10.0 Å². The minimum atomic E-state index is -1.35. The Kier molecular flexibility index (Phi) is 5.43. The minimum absolute atomic E-state index is 0.618. The average Bonchev–Trinajstić information content (AvgIpc) is 2.07. The fourth-order valence-corrected chi connectivity index (χ4v) is 1.23. The van der Waals surface area contributed by atoms with Crippen molar-refractivity contribution in [1.82, 2.24) is 0 Å². The quantitative estimate of drug-likeness (QED) is 0.633. The Hall–Kier alpha value is -0.795. The third kappa shape index (κ3) is 3.21. The van der Waals surface area contributed by atoms with Crippen LogP contribution in [-0.4, -0.2) is 17.2 Å². The van der Waals surface area contributed by atoms with Crippen molar-refractivity contribution >= 4 is 12.6 Å². The number of hydrogen-bond donors (Lipinski definition) is 2. The molecular formula is C10H17BO2. The lowest BCUT2D eigenvalue weighted by molar-refractivity contribution is 0.425. The molecule has 1 rings (SSSR count). The van der Waals surface area contributed by atoms with Gasteiger partial charge in [0.2, 0.25) is 0 Å². The van der Waals surface area contributed by atoms with E-state index in [1.54, 1.807) is 0 Å². The summed E-state index contributed by atoms with van der Waals surface area (Å²) in [6.07, 6.45) is 0. The summed E-state index contributed by atoms with van der Waals surface area (Å²) in [5, 5.41) is 17.9. The lowest BCUT2D eigenvalue weighted by Gasteiger charge is -2.06. The second kappa shape index (κ2) is 5.78. The van der Waals surface area contributed by atoms with Crippen LogP contribution in [0.4, 0.5) is 0 Å². The second-order valence-electron chi connectivity index (χ2n) is 2.68. The summed E-state index contributed by atoms with van der Waals surface area (Å²) < 4.78 is 0. The molecule has 2 N–H and O–H groups in total. The van der Waals surface area contributed by atoms with Crippen molar-refractivity contribution in [3.05, 3.63) is 29.3 Å². The number of benzene rings is 1. The van der Waals surface area contributed by atoms with Gasteiger partial charge >= 0.3 is 7.12 Å². The topological polar surface area (TPSA) is 40.5 Å². The Morgan fingerprint density at radius 1 is 1.00 bits per heavy atom.